The van der Waals surface area contributed by atoms with Crippen LogP contribution in [0.3, 0.4) is 0 Å². The van der Waals surface area contributed by atoms with E-state index in [1.165, 1.54) is 21.9 Å². The van der Waals surface area contributed by atoms with E-state index in [0.717, 1.165) is 11.1 Å². The highest BCUT2D eigenvalue weighted by molar-refractivity contribution is 6.30. The Labute approximate surface area is 174 Å². The van der Waals surface area contributed by atoms with Gasteiger partial charge < -0.3 is 5.32 Å². The highest BCUT2D eigenvalue weighted by atomic mass is 35.5. The molecule has 3 rings (SSSR count). The maximum Gasteiger partial charge on any atom is 0.331 e. The van der Waals surface area contributed by atoms with Gasteiger partial charge in [-0.3, -0.25) is 10.2 Å². The minimum Gasteiger partial charge on any atom is -0.304 e. The normalized spacial score (nSPS) is 18.2. The SMILES string of the molecule is CC(NC1NC(=O)N(C(C)C)C(=O)N1Cc1ccc(F)cc1)c1ccc(Cl)cc1. The minimum absolute atomic E-state index is 0.160. The van der Waals surface area contributed by atoms with Gasteiger partial charge in [-0.25, -0.2) is 18.9 Å². The zero-order chi connectivity index (χ0) is 21.1. The van der Waals surface area contributed by atoms with E-state index in [0.29, 0.717) is 5.02 Å². The van der Waals surface area contributed by atoms with E-state index in [9.17, 15) is 14.0 Å². The molecule has 0 aromatic heterocycles. The summed E-state index contributed by atoms with van der Waals surface area (Å²) in [7, 11) is 0. The lowest BCUT2D eigenvalue weighted by Gasteiger charge is -2.43. The number of nitrogens with one attached hydrogen (secondary N) is 2. The molecule has 154 valence electrons. The Bertz CT molecular complexity index is 873. The highest BCUT2D eigenvalue weighted by Gasteiger charge is 2.40. The second-order valence-electron chi connectivity index (χ2n) is 7.29. The summed E-state index contributed by atoms with van der Waals surface area (Å²) < 4.78 is 13.3. The largest absolute Gasteiger partial charge is 0.331 e. The van der Waals surface area contributed by atoms with Gasteiger partial charge in [-0.2, -0.15) is 0 Å². The Morgan fingerprint density at radius 1 is 1.07 bits per heavy atom. The maximum absolute atomic E-state index is 13.3. The Kier molecular flexibility index (Phi) is 6.39. The van der Waals surface area contributed by atoms with E-state index < -0.39 is 18.4 Å². The lowest BCUT2D eigenvalue weighted by atomic mass is 10.1. The van der Waals surface area contributed by atoms with Gasteiger partial charge in [-0.15, -0.1) is 0 Å². The van der Waals surface area contributed by atoms with Crippen LogP contribution in [-0.4, -0.2) is 34.2 Å². The van der Waals surface area contributed by atoms with Gasteiger partial charge in [0.15, 0.2) is 6.29 Å². The Morgan fingerprint density at radius 2 is 1.69 bits per heavy atom. The van der Waals surface area contributed by atoms with Crippen molar-refractivity contribution in [3.8, 4) is 0 Å². The van der Waals surface area contributed by atoms with Gasteiger partial charge in [-0.05, 0) is 56.2 Å². The molecule has 0 radical (unpaired) electrons. The predicted molar refractivity (Wildman–Crippen MR) is 110 cm³/mol. The van der Waals surface area contributed by atoms with Gasteiger partial charge in [0.05, 0.1) is 6.54 Å². The molecule has 2 atom stereocenters. The van der Waals surface area contributed by atoms with Crippen LogP contribution >= 0.6 is 11.6 Å². The van der Waals surface area contributed by atoms with Gasteiger partial charge in [-0.1, -0.05) is 35.9 Å². The average molecular weight is 419 g/mol. The van der Waals surface area contributed by atoms with E-state index in [4.69, 9.17) is 11.6 Å². The molecule has 0 aliphatic carbocycles. The predicted octanol–water partition coefficient (Wildman–Crippen LogP) is 4.47. The molecule has 1 fully saturated rings. The third kappa shape index (κ3) is 4.86. The molecule has 4 amide bonds. The third-order valence-corrected chi connectivity index (χ3v) is 5.05. The van der Waals surface area contributed by atoms with Crippen LogP contribution in [0.5, 0.6) is 0 Å². The average Bonchev–Trinajstić information content (AvgIpc) is 2.66. The topological polar surface area (TPSA) is 64.7 Å². The lowest BCUT2D eigenvalue weighted by Crippen LogP contribution is -2.70. The van der Waals surface area contributed by atoms with Crippen molar-refractivity contribution in [3.05, 3.63) is 70.5 Å². The van der Waals surface area contributed by atoms with Crippen molar-refractivity contribution < 1.29 is 14.0 Å². The van der Waals surface area contributed by atoms with Crippen LogP contribution in [0.25, 0.3) is 0 Å². The standard InChI is InChI=1S/C21H24ClFN4O2/c1-13(2)27-20(28)25-19(24-14(3)16-6-8-17(22)9-7-16)26(21(27)29)12-15-4-10-18(23)11-5-15/h4-11,13-14,19,24H,12H2,1-3H3,(H,25,28). The number of benzene rings is 2. The van der Waals surface area contributed by atoms with Crippen molar-refractivity contribution >= 4 is 23.7 Å². The van der Waals surface area contributed by atoms with Gasteiger partial charge in [0.25, 0.3) is 0 Å². The van der Waals surface area contributed by atoms with Gasteiger partial charge in [0.2, 0.25) is 0 Å². The van der Waals surface area contributed by atoms with Crippen LogP contribution in [0.15, 0.2) is 48.5 Å². The summed E-state index contributed by atoms with van der Waals surface area (Å²) >= 11 is 5.95. The molecule has 6 nitrogen and oxygen atoms in total. The van der Waals surface area contributed by atoms with Crippen LogP contribution in [-0.2, 0) is 6.54 Å². The van der Waals surface area contributed by atoms with Gasteiger partial charge in [0.1, 0.15) is 5.82 Å². The number of hydrogen-bond acceptors (Lipinski definition) is 3. The summed E-state index contributed by atoms with van der Waals surface area (Å²) in [4.78, 5) is 28.3. The zero-order valence-corrected chi connectivity index (χ0v) is 17.3. The molecule has 2 unspecified atom stereocenters. The first-order chi connectivity index (χ1) is 13.8. The first-order valence-electron chi connectivity index (χ1n) is 9.42. The van der Waals surface area contributed by atoms with Crippen LogP contribution in [0.1, 0.15) is 37.9 Å². The Balaban J connectivity index is 1.84. The quantitative estimate of drug-likeness (QED) is 0.727. The van der Waals surface area contributed by atoms with Crippen molar-refractivity contribution in [2.24, 2.45) is 0 Å². The molecule has 2 aromatic carbocycles. The number of imide groups is 1. The van der Waals surface area contributed by atoms with Gasteiger partial charge >= 0.3 is 12.1 Å². The second-order valence-corrected chi connectivity index (χ2v) is 7.73. The first-order valence-corrected chi connectivity index (χ1v) is 9.80. The van der Waals surface area contributed by atoms with Crippen molar-refractivity contribution in [3.63, 3.8) is 0 Å². The van der Waals surface area contributed by atoms with Crippen molar-refractivity contribution in [2.45, 2.75) is 45.7 Å². The van der Waals surface area contributed by atoms with Crippen molar-refractivity contribution in [1.82, 2.24) is 20.4 Å². The highest BCUT2D eigenvalue weighted by Crippen LogP contribution is 2.21. The molecule has 1 saturated heterocycles. The van der Waals surface area contributed by atoms with Crippen molar-refractivity contribution in [2.75, 3.05) is 0 Å². The van der Waals surface area contributed by atoms with Crippen LogP contribution in [0, 0.1) is 5.82 Å². The minimum atomic E-state index is -0.722. The summed E-state index contributed by atoms with van der Waals surface area (Å²) in [6, 6.07) is 12.0. The zero-order valence-electron chi connectivity index (χ0n) is 16.5. The molecule has 0 bridgehead atoms. The van der Waals surface area contributed by atoms with Gasteiger partial charge in [0, 0.05) is 17.1 Å². The fourth-order valence-electron chi connectivity index (χ4n) is 3.22. The van der Waals surface area contributed by atoms with E-state index in [1.807, 2.05) is 19.1 Å². The second kappa shape index (κ2) is 8.80. The molecule has 1 heterocycles. The summed E-state index contributed by atoms with van der Waals surface area (Å²) in [6.45, 7) is 5.70. The number of hydrogen-bond donors (Lipinski definition) is 2. The van der Waals surface area contributed by atoms with E-state index in [2.05, 4.69) is 10.6 Å². The molecular weight excluding hydrogens is 395 g/mol. The number of amides is 4. The summed E-state index contributed by atoms with van der Waals surface area (Å²) in [5, 5.41) is 6.77. The maximum atomic E-state index is 13.3. The Morgan fingerprint density at radius 3 is 2.28 bits per heavy atom. The summed E-state index contributed by atoms with van der Waals surface area (Å²) in [5.41, 5.74) is 1.72. The number of halogens is 2. The molecule has 0 spiro atoms. The monoisotopic (exact) mass is 418 g/mol. The molecular formula is C21H24ClFN4O2. The van der Waals surface area contributed by atoms with Crippen LogP contribution in [0.4, 0.5) is 14.0 Å². The third-order valence-electron chi connectivity index (χ3n) is 4.80. The molecule has 2 N–H and O–H groups in total. The summed E-state index contributed by atoms with van der Waals surface area (Å²) in [6.07, 6.45) is -0.722. The first kappa shape index (κ1) is 21.1. The van der Waals surface area contributed by atoms with E-state index in [1.54, 1.807) is 38.1 Å². The fourth-order valence-corrected chi connectivity index (χ4v) is 3.34. The van der Waals surface area contributed by atoms with Crippen molar-refractivity contribution in [1.29, 1.82) is 0 Å². The van der Waals surface area contributed by atoms with Crippen LogP contribution in [0.2, 0.25) is 5.02 Å². The lowest BCUT2D eigenvalue weighted by molar-refractivity contribution is 0.0735. The number of urea groups is 2. The van der Waals surface area contributed by atoms with E-state index in [-0.39, 0.29) is 24.4 Å². The molecule has 29 heavy (non-hydrogen) atoms. The molecule has 8 heteroatoms. The number of carbonyl (C=O) groups excluding carboxylic acids is 2. The summed E-state index contributed by atoms with van der Waals surface area (Å²) in [5.74, 6) is -0.345. The number of rotatable bonds is 6. The number of carbonyl (C=O) groups is 2. The van der Waals surface area contributed by atoms with Crippen LogP contribution < -0.4 is 10.6 Å². The van der Waals surface area contributed by atoms with E-state index >= 15 is 0 Å². The molecule has 1 aliphatic rings. The fraction of sp³-hybridized carbons (Fsp3) is 0.333. The number of nitrogens with zero attached hydrogens (tertiary/aromatic N) is 2. The smallest absolute Gasteiger partial charge is 0.304 e. The molecule has 0 saturated carbocycles. The molecule has 1 aliphatic heterocycles. The molecule has 2 aromatic rings. The Hall–Kier alpha value is -2.64.